The van der Waals surface area contributed by atoms with Crippen molar-refractivity contribution in [1.29, 1.82) is 0 Å². The number of fused-ring (bicyclic) bond motifs is 1. The van der Waals surface area contributed by atoms with Gasteiger partial charge in [0.05, 0.1) is 11.4 Å². The van der Waals surface area contributed by atoms with Crippen molar-refractivity contribution in [3.63, 3.8) is 0 Å². The van der Waals surface area contributed by atoms with Gasteiger partial charge in [-0.3, -0.25) is 4.99 Å². The third-order valence-corrected chi connectivity index (χ3v) is 6.94. The zero-order valence-corrected chi connectivity index (χ0v) is 21.1. The zero-order chi connectivity index (χ0) is 21.7. The van der Waals surface area contributed by atoms with Gasteiger partial charge >= 0.3 is 0 Å². The number of hydrogen-bond acceptors (Lipinski definition) is 6. The summed E-state index contributed by atoms with van der Waals surface area (Å²) in [5.74, 6) is 0.663. The molecule has 1 N–H and O–H groups in total. The molecule has 0 amide bonds. The number of nitrogens with one attached hydrogen (secondary N) is 1. The van der Waals surface area contributed by atoms with E-state index in [4.69, 9.17) is 9.52 Å². The van der Waals surface area contributed by atoms with Crippen molar-refractivity contribution < 1.29 is 12.9 Å². The summed E-state index contributed by atoms with van der Waals surface area (Å²) in [6, 6.07) is 7.50. The van der Waals surface area contributed by atoms with E-state index in [9.17, 15) is 8.42 Å². The minimum atomic E-state index is -3.42. The van der Waals surface area contributed by atoms with Crippen LogP contribution in [0.15, 0.2) is 52.4 Å². The van der Waals surface area contributed by atoms with Crippen molar-refractivity contribution in [3.8, 4) is 0 Å². The number of piperazine rings is 1. The van der Waals surface area contributed by atoms with Crippen molar-refractivity contribution in [1.82, 2.24) is 29.1 Å². The lowest BCUT2D eigenvalue weighted by atomic mass is 10.3. The molecule has 12 heteroatoms. The molecule has 0 spiro atoms. The molecule has 0 atom stereocenters. The summed E-state index contributed by atoms with van der Waals surface area (Å²) in [6.07, 6.45) is 6.13. The Bertz CT molecular complexity index is 1090. The third-order valence-electron chi connectivity index (χ3n) is 5.13. The first-order valence-electron chi connectivity index (χ1n) is 10.4. The van der Waals surface area contributed by atoms with Crippen LogP contribution in [0, 0.1) is 0 Å². The van der Waals surface area contributed by atoms with E-state index in [1.165, 1.54) is 10.6 Å². The van der Waals surface area contributed by atoms with Gasteiger partial charge in [-0.2, -0.15) is 4.31 Å². The summed E-state index contributed by atoms with van der Waals surface area (Å²) in [6.45, 7) is 5.37. The highest BCUT2D eigenvalue weighted by Crippen LogP contribution is 2.13. The summed E-state index contributed by atoms with van der Waals surface area (Å²) < 4.78 is 33.5. The van der Waals surface area contributed by atoms with Crippen LogP contribution in [0.25, 0.3) is 5.65 Å². The molecule has 0 bridgehead atoms. The molecule has 1 fully saturated rings. The Balaban J connectivity index is 0.00000289. The Labute approximate surface area is 204 Å². The van der Waals surface area contributed by atoms with E-state index in [0.29, 0.717) is 38.4 Å². The highest BCUT2D eigenvalue weighted by atomic mass is 127. The van der Waals surface area contributed by atoms with E-state index in [-0.39, 0.29) is 29.7 Å². The fraction of sp³-hybridized carbons (Fsp3) is 0.450. The maximum absolute atomic E-state index is 12.6. The molecule has 0 aliphatic carbocycles. The van der Waals surface area contributed by atoms with Gasteiger partial charge in [0.25, 0.3) is 0 Å². The zero-order valence-electron chi connectivity index (χ0n) is 17.9. The Morgan fingerprint density at radius 3 is 2.69 bits per heavy atom. The smallest absolute Gasteiger partial charge is 0.220 e. The number of rotatable bonds is 7. The lowest BCUT2D eigenvalue weighted by Crippen LogP contribution is -2.54. The molecule has 1 aliphatic heterocycles. The Morgan fingerprint density at radius 1 is 1.19 bits per heavy atom. The molecular formula is C20H28IN7O3S. The van der Waals surface area contributed by atoms with Crippen LogP contribution in [-0.2, 0) is 22.2 Å². The maximum Gasteiger partial charge on any atom is 0.220 e. The molecule has 4 heterocycles. The third kappa shape index (κ3) is 5.98. The first-order chi connectivity index (χ1) is 15.0. The number of sulfonamides is 1. The van der Waals surface area contributed by atoms with Gasteiger partial charge in [0.1, 0.15) is 17.7 Å². The van der Waals surface area contributed by atoms with E-state index in [1.807, 2.05) is 41.9 Å². The largest absolute Gasteiger partial charge is 0.364 e. The first-order valence-corrected chi connectivity index (χ1v) is 12.0. The highest BCUT2D eigenvalue weighted by Gasteiger charge is 2.29. The van der Waals surface area contributed by atoms with Crippen LogP contribution < -0.4 is 5.32 Å². The van der Waals surface area contributed by atoms with Crippen LogP contribution in [-0.4, -0.2) is 77.4 Å². The van der Waals surface area contributed by atoms with Gasteiger partial charge in [-0.15, -0.1) is 24.0 Å². The lowest BCUT2D eigenvalue weighted by Gasteiger charge is -2.35. The van der Waals surface area contributed by atoms with Gasteiger partial charge < -0.3 is 19.1 Å². The van der Waals surface area contributed by atoms with Crippen molar-refractivity contribution in [2.24, 2.45) is 4.99 Å². The van der Waals surface area contributed by atoms with Gasteiger partial charge in [-0.05, 0) is 19.1 Å². The average molecular weight is 573 g/mol. The molecule has 3 aromatic heterocycles. The van der Waals surface area contributed by atoms with Crippen LogP contribution in [0.1, 0.15) is 18.3 Å². The molecule has 32 heavy (non-hydrogen) atoms. The summed E-state index contributed by atoms with van der Waals surface area (Å²) >= 11 is 0. The van der Waals surface area contributed by atoms with E-state index in [1.54, 1.807) is 6.07 Å². The Kier molecular flexibility index (Phi) is 8.48. The Hall–Kier alpha value is -2.19. The second kappa shape index (κ2) is 11.1. The molecule has 0 aromatic carbocycles. The average Bonchev–Trinajstić information content (AvgIpc) is 3.42. The van der Waals surface area contributed by atoms with Gasteiger partial charge in [0, 0.05) is 64.1 Å². The summed E-state index contributed by atoms with van der Waals surface area (Å²) in [4.78, 5) is 11.5. The molecule has 10 nitrogen and oxygen atoms in total. The summed E-state index contributed by atoms with van der Waals surface area (Å²) in [5, 5.41) is 7.02. The standard InChI is InChI=1S/C20H27N7O3S.HI/c1-2-21-20(22-8-6-17-15-26-9-4-3-5-19(26)23-17)25-10-12-27(13-11-25)31(28,29)16-18-7-14-30-24-18;/h3-5,7,9,14-15H,2,6,8,10-13,16H2,1H3,(H,21,22);1H. The number of nitrogens with zero attached hydrogens (tertiary/aromatic N) is 6. The number of guanidine groups is 1. The van der Waals surface area contributed by atoms with Gasteiger partial charge in [-0.25, -0.2) is 13.4 Å². The summed E-state index contributed by atoms with van der Waals surface area (Å²) in [5.41, 5.74) is 2.34. The molecule has 1 saturated heterocycles. The number of halogens is 1. The van der Waals surface area contributed by atoms with Crippen LogP contribution in [0.5, 0.6) is 0 Å². The molecule has 1 aliphatic rings. The molecule has 0 radical (unpaired) electrons. The fourth-order valence-electron chi connectivity index (χ4n) is 3.58. The monoisotopic (exact) mass is 573 g/mol. The first kappa shape index (κ1) is 24.5. The van der Waals surface area contributed by atoms with Crippen molar-refractivity contribution in [2.75, 3.05) is 39.3 Å². The second-order valence-electron chi connectivity index (χ2n) is 7.32. The SMILES string of the molecule is CCNC(=NCCc1cn2ccccc2n1)N1CCN(S(=O)(=O)Cc2ccon2)CC1.I. The van der Waals surface area contributed by atoms with Crippen molar-refractivity contribution in [3.05, 3.63) is 54.3 Å². The maximum atomic E-state index is 12.6. The molecular weight excluding hydrogens is 545 g/mol. The number of aromatic nitrogens is 3. The minimum Gasteiger partial charge on any atom is -0.364 e. The number of pyridine rings is 1. The van der Waals surface area contributed by atoms with Crippen LogP contribution in [0.3, 0.4) is 0 Å². The fourth-order valence-corrected chi connectivity index (χ4v) is 5.00. The summed E-state index contributed by atoms with van der Waals surface area (Å²) in [7, 11) is -3.42. The predicted molar refractivity (Wildman–Crippen MR) is 133 cm³/mol. The lowest BCUT2D eigenvalue weighted by molar-refractivity contribution is 0.260. The van der Waals surface area contributed by atoms with Crippen LogP contribution in [0.2, 0.25) is 0 Å². The second-order valence-corrected chi connectivity index (χ2v) is 9.29. The van der Waals surface area contributed by atoms with E-state index in [0.717, 1.165) is 30.3 Å². The Morgan fingerprint density at radius 2 is 2.00 bits per heavy atom. The number of aliphatic imine (C=N–C) groups is 1. The minimum absolute atomic E-state index is 0. The molecule has 4 rings (SSSR count). The van der Waals surface area contributed by atoms with Crippen LogP contribution in [0.4, 0.5) is 0 Å². The molecule has 0 saturated carbocycles. The van der Waals surface area contributed by atoms with Crippen molar-refractivity contribution >= 4 is 45.6 Å². The highest BCUT2D eigenvalue weighted by molar-refractivity contribution is 14.0. The van der Waals surface area contributed by atoms with Crippen LogP contribution >= 0.6 is 24.0 Å². The van der Waals surface area contributed by atoms with Gasteiger partial charge in [0.2, 0.25) is 10.0 Å². The van der Waals surface area contributed by atoms with E-state index >= 15 is 0 Å². The number of imidazole rings is 1. The molecule has 3 aromatic rings. The molecule has 174 valence electrons. The molecule has 0 unspecified atom stereocenters. The van der Waals surface area contributed by atoms with Gasteiger partial charge in [0.15, 0.2) is 5.96 Å². The quantitative estimate of drug-likeness (QED) is 0.260. The normalized spacial score (nSPS) is 15.7. The topological polar surface area (TPSA) is 108 Å². The van der Waals surface area contributed by atoms with E-state index in [2.05, 4.69) is 20.4 Å². The van der Waals surface area contributed by atoms with E-state index < -0.39 is 10.0 Å². The van der Waals surface area contributed by atoms with Gasteiger partial charge in [-0.1, -0.05) is 11.2 Å². The predicted octanol–water partition coefficient (Wildman–Crippen LogP) is 1.60. The number of hydrogen-bond donors (Lipinski definition) is 1. The van der Waals surface area contributed by atoms with Crippen molar-refractivity contribution in [2.45, 2.75) is 19.1 Å².